The molecular formula is C51H32N6. The van der Waals surface area contributed by atoms with Gasteiger partial charge in [0, 0.05) is 54.8 Å². The maximum Gasteiger partial charge on any atom is 0.238 e. The summed E-state index contributed by atoms with van der Waals surface area (Å²) >= 11 is 0. The molecule has 0 aliphatic heterocycles. The molecule has 0 radical (unpaired) electrons. The molecule has 57 heavy (non-hydrogen) atoms. The molecule has 4 heterocycles. The van der Waals surface area contributed by atoms with Gasteiger partial charge < -0.3 is 9.13 Å². The Balaban J connectivity index is 1.30. The van der Waals surface area contributed by atoms with Crippen molar-refractivity contribution in [3.63, 3.8) is 0 Å². The lowest BCUT2D eigenvalue weighted by atomic mass is 10.1. The molecule has 266 valence electrons. The zero-order valence-electron chi connectivity index (χ0n) is 41.7. The lowest BCUT2D eigenvalue weighted by Gasteiger charge is -2.14. The Bertz CT molecular complexity index is 4140. The van der Waals surface area contributed by atoms with Crippen LogP contribution in [0.15, 0.2) is 194 Å². The minimum atomic E-state index is -0.710. The smallest absolute Gasteiger partial charge is 0.238 e. The largest absolute Gasteiger partial charge is 0.309 e. The summed E-state index contributed by atoms with van der Waals surface area (Å²) < 4.78 is 114. The van der Waals surface area contributed by atoms with E-state index in [9.17, 15) is 5.48 Å². The number of benzene rings is 8. The van der Waals surface area contributed by atoms with Crippen molar-refractivity contribution < 1.29 is 16.4 Å². The predicted octanol–water partition coefficient (Wildman–Crippen LogP) is 12.5. The molecule has 0 fully saturated rings. The molecule has 12 rings (SSSR count). The van der Waals surface area contributed by atoms with Crippen molar-refractivity contribution in [1.82, 2.24) is 28.7 Å². The molecule has 0 spiro atoms. The molecular weight excluding hydrogens is 697 g/mol. The van der Waals surface area contributed by atoms with Gasteiger partial charge in [0.15, 0.2) is 11.6 Å². The third kappa shape index (κ3) is 4.74. The van der Waals surface area contributed by atoms with Gasteiger partial charge in [0.25, 0.3) is 0 Å². The van der Waals surface area contributed by atoms with E-state index >= 15 is 0 Å². The van der Waals surface area contributed by atoms with Crippen molar-refractivity contribution >= 4 is 65.4 Å². The summed E-state index contributed by atoms with van der Waals surface area (Å²) in [6, 6.07) is 30.9. The van der Waals surface area contributed by atoms with Crippen LogP contribution in [0.25, 0.3) is 106 Å². The van der Waals surface area contributed by atoms with Crippen molar-refractivity contribution in [3.8, 4) is 40.1 Å². The summed E-state index contributed by atoms with van der Waals surface area (Å²) in [5.41, 5.74) is 2.71. The molecule has 0 saturated heterocycles. The zero-order valence-corrected chi connectivity index (χ0v) is 29.7. The second-order valence-corrected chi connectivity index (χ2v) is 13.6. The molecule has 12 aromatic rings. The van der Waals surface area contributed by atoms with E-state index in [1.54, 1.807) is 4.57 Å². The fraction of sp³-hybridized carbons (Fsp3) is 0. The van der Waals surface area contributed by atoms with Crippen LogP contribution >= 0.6 is 0 Å². The number of para-hydroxylation sites is 4. The Morgan fingerprint density at radius 1 is 0.351 bits per heavy atom. The van der Waals surface area contributed by atoms with Gasteiger partial charge in [0.05, 0.1) is 49.5 Å². The maximum absolute atomic E-state index is 10.3. The molecule has 4 aromatic heterocycles. The van der Waals surface area contributed by atoms with E-state index in [1.165, 1.54) is 0 Å². The fourth-order valence-corrected chi connectivity index (χ4v) is 8.03. The summed E-state index contributed by atoms with van der Waals surface area (Å²) in [6.07, 6.45) is 0. The molecule has 0 amide bonds. The SMILES string of the molecule is [2H]c1c([2H])c([2H])c(-n2c3c([2H])c([2H])c([2H])c([2H])c3c3c([2H])c([2H])c(-n4c5ccccc5c5ccc6c7ccccc7n(-c7nc(-c8ccccc8)nc(-c8ccccc8)n7)c6c54)c([2H])c32)c([2H])c1[2H]. The Morgan fingerprint density at radius 3 is 1.56 bits per heavy atom. The number of rotatable bonds is 5. The van der Waals surface area contributed by atoms with Gasteiger partial charge in [-0.25, -0.2) is 4.98 Å². The van der Waals surface area contributed by atoms with Crippen molar-refractivity contribution in [3.05, 3.63) is 194 Å². The molecule has 8 aromatic carbocycles. The van der Waals surface area contributed by atoms with E-state index in [2.05, 4.69) is 0 Å². The molecule has 0 atom stereocenters. The van der Waals surface area contributed by atoms with E-state index < -0.39 is 78.2 Å². The summed E-state index contributed by atoms with van der Waals surface area (Å²) in [6.45, 7) is 0. The summed E-state index contributed by atoms with van der Waals surface area (Å²) in [4.78, 5) is 15.2. The highest BCUT2D eigenvalue weighted by Crippen LogP contribution is 2.42. The molecule has 0 unspecified atom stereocenters. The maximum atomic E-state index is 10.3. The normalized spacial score (nSPS) is 14.8. The minimum absolute atomic E-state index is 0.125. The zero-order chi connectivity index (χ0) is 47.9. The van der Waals surface area contributed by atoms with Gasteiger partial charge in [-0.05, 0) is 42.3 Å². The van der Waals surface area contributed by atoms with Gasteiger partial charge >= 0.3 is 0 Å². The van der Waals surface area contributed by atoms with Crippen LogP contribution in [0.5, 0.6) is 0 Å². The van der Waals surface area contributed by atoms with Crippen molar-refractivity contribution in [2.24, 2.45) is 0 Å². The molecule has 0 aliphatic rings. The second kappa shape index (κ2) is 12.3. The third-order valence-electron chi connectivity index (χ3n) is 10.4. The average molecular weight is 741 g/mol. The average Bonchev–Trinajstić information content (AvgIpc) is 4.03. The Hall–Kier alpha value is -7.83. The lowest BCUT2D eigenvalue weighted by Crippen LogP contribution is -2.07. The highest BCUT2D eigenvalue weighted by Gasteiger charge is 2.24. The Labute approximate surface area is 344 Å². The summed E-state index contributed by atoms with van der Waals surface area (Å²) in [5.74, 6) is 1.11. The first-order chi connectivity index (χ1) is 33.3. The van der Waals surface area contributed by atoms with Gasteiger partial charge in [0.2, 0.25) is 5.95 Å². The van der Waals surface area contributed by atoms with Crippen LogP contribution in [-0.4, -0.2) is 28.7 Å². The molecule has 0 saturated carbocycles. The van der Waals surface area contributed by atoms with Crippen LogP contribution in [-0.2, 0) is 0 Å². The monoisotopic (exact) mass is 740 g/mol. The van der Waals surface area contributed by atoms with Crippen LogP contribution in [0, 0.1) is 0 Å². The number of nitrogens with zero attached hydrogens (tertiary/aromatic N) is 6. The van der Waals surface area contributed by atoms with Gasteiger partial charge in [-0.15, -0.1) is 0 Å². The fourth-order valence-electron chi connectivity index (χ4n) is 8.03. The van der Waals surface area contributed by atoms with Gasteiger partial charge in [-0.2, -0.15) is 9.97 Å². The van der Waals surface area contributed by atoms with E-state index in [0.29, 0.717) is 33.6 Å². The lowest BCUT2D eigenvalue weighted by molar-refractivity contribution is 0.953. The van der Waals surface area contributed by atoms with Crippen molar-refractivity contribution in [1.29, 1.82) is 0 Å². The van der Waals surface area contributed by atoms with Gasteiger partial charge in [-0.1, -0.05) is 151 Å². The Morgan fingerprint density at radius 2 is 0.895 bits per heavy atom. The van der Waals surface area contributed by atoms with E-state index in [0.717, 1.165) is 37.4 Å². The minimum Gasteiger partial charge on any atom is -0.309 e. The summed E-state index contributed by atoms with van der Waals surface area (Å²) in [7, 11) is 0. The van der Waals surface area contributed by atoms with Gasteiger partial charge in [0.1, 0.15) is 0 Å². The number of fused-ring (bicyclic) bond motifs is 10. The van der Waals surface area contributed by atoms with E-state index in [4.69, 9.17) is 25.9 Å². The third-order valence-corrected chi connectivity index (χ3v) is 10.4. The molecule has 6 nitrogen and oxygen atoms in total. The van der Waals surface area contributed by atoms with Crippen LogP contribution in [0.4, 0.5) is 0 Å². The topological polar surface area (TPSA) is 53.5 Å². The standard InChI is InChI=1S/C51H32N6/c1-4-16-33(17-5-1)49-52-50(34-18-6-2-7-19-34)54-51(53-49)57-45-27-15-12-24-39(45)42-31-30-41-38-23-11-14-26-44(38)56(47(41)48(42)57)36-28-29-40-37-22-10-13-25-43(37)55(46(40)32-36)35-20-8-3-9-21-35/h1-32H/i3D,8D,9D,10D,13D,20D,21D,22D,25D,28D,29D,32D. The van der Waals surface area contributed by atoms with Crippen LogP contribution < -0.4 is 0 Å². The first kappa shape index (κ1) is 21.9. The van der Waals surface area contributed by atoms with E-state index in [1.807, 2.05) is 126 Å². The molecule has 0 aliphatic carbocycles. The van der Waals surface area contributed by atoms with Crippen LogP contribution in [0.3, 0.4) is 0 Å². The van der Waals surface area contributed by atoms with Crippen LogP contribution in [0.2, 0.25) is 0 Å². The van der Waals surface area contributed by atoms with E-state index in [-0.39, 0.29) is 33.4 Å². The number of hydrogen-bond donors (Lipinski definition) is 0. The first-order valence-electron chi connectivity index (χ1n) is 24.2. The number of aromatic nitrogens is 6. The Kier molecular flexibility index (Phi) is 4.74. The van der Waals surface area contributed by atoms with Crippen LogP contribution in [0.1, 0.15) is 16.4 Å². The van der Waals surface area contributed by atoms with Crippen molar-refractivity contribution in [2.75, 3.05) is 0 Å². The predicted molar refractivity (Wildman–Crippen MR) is 234 cm³/mol. The highest BCUT2D eigenvalue weighted by molar-refractivity contribution is 6.24. The first-order valence-corrected chi connectivity index (χ1v) is 18.2. The second-order valence-electron chi connectivity index (χ2n) is 13.6. The molecule has 0 bridgehead atoms. The van der Waals surface area contributed by atoms with Gasteiger partial charge in [-0.3, -0.25) is 4.57 Å². The van der Waals surface area contributed by atoms with Crippen molar-refractivity contribution in [2.45, 2.75) is 0 Å². The summed E-state index contributed by atoms with van der Waals surface area (Å²) in [5, 5.41) is 2.60. The highest BCUT2D eigenvalue weighted by atomic mass is 15.2. The molecule has 0 N–H and O–H groups in total. The quantitative estimate of drug-likeness (QED) is 0.177. The number of hydrogen-bond acceptors (Lipinski definition) is 3. The molecule has 6 heteroatoms.